The Kier molecular flexibility index (Phi) is 4.55. The van der Waals surface area contributed by atoms with E-state index in [0.717, 1.165) is 11.3 Å². The van der Waals surface area contributed by atoms with Crippen LogP contribution in [0.1, 0.15) is 44.1 Å². The quantitative estimate of drug-likeness (QED) is 0.838. The zero-order valence-corrected chi connectivity index (χ0v) is 13.0. The Bertz CT molecular complexity index is 491. The van der Waals surface area contributed by atoms with Crippen molar-refractivity contribution in [2.75, 3.05) is 5.75 Å². The zero-order valence-electron chi connectivity index (χ0n) is 12.2. The molecule has 1 aliphatic carbocycles. The van der Waals surface area contributed by atoms with E-state index in [1.807, 2.05) is 36.0 Å². The molecule has 1 atom stereocenters. The molecule has 1 aromatic rings. The van der Waals surface area contributed by atoms with Crippen LogP contribution in [0.5, 0.6) is 0 Å². The van der Waals surface area contributed by atoms with Gasteiger partial charge < -0.3 is 9.84 Å². The second kappa shape index (κ2) is 6.41. The van der Waals surface area contributed by atoms with Gasteiger partial charge in [0.05, 0.1) is 18.1 Å². The zero-order chi connectivity index (χ0) is 14.7. The first kappa shape index (κ1) is 14.9. The van der Waals surface area contributed by atoms with Crippen LogP contribution in [0.2, 0.25) is 0 Å². The van der Waals surface area contributed by atoms with E-state index in [1.54, 1.807) is 0 Å². The van der Waals surface area contributed by atoms with Crippen LogP contribution >= 0.6 is 11.8 Å². The third kappa shape index (κ3) is 3.80. The Morgan fingerprint density at radius 1 is 1.24 bits per heavy atom. The molecule has 1 saturated carbocycles. The lowest BCUT2D eigenvalue weighted by molar-refractivity contribution is -0.136. The summed E-state index contributed by atoms with van der Waals surface area (Å²) in [5, 5.41) is 8.76. The van der Waals surface area contributed by atoms with Crippen LogP contribution in [0.3, 0.4) is 0 Å². The highest BCUT2D eigenvalue weighted by Crippen LogP contribution is 2.44. The molecule has 0 bridgehead atoms. The lowest BCUT2D eigenvalue weighted by atomic mass is 9.98. The maximum atomic E-state index is 10.7. The summed E-state index contributed by atoms with van der Waals surface area (Å²) in [7, 11) is 0. The summed E-state index contributed by atoms with van der Waals surface area (Å²) in [6.45, 7) is 0. The van der Waals surface area contributed by atoms with E-state index >= 15 is 0 Å². The SMILES string of the molecule is O=C(O)Cc1ccc(SCC2CCC3(CCCC3)O2)cc1. The van der Waals surface area contributed by atoms with Crippen LogP contribution in [0.4, 0.5) is 0 Å². The van der Waals surface area contributed by atoms with Crippen LogP contribution in [0.25, 0.3) is 0 Å². The van der Waals surface area contributed by atoms with Crippen molar-refractivity contribution in [3.05, 3.63) is 29.8 Å². The standard InChI is InChI=1S/C17H22O3S/c18-16(19)11-13-3-5-15(6-4-13)21-12-14-7-10-17(20-14)8-1-2-9-17/h3-6,14H,1-2,7-12H2,(H,18,19). The number of carboxylic acid groups (broad SMARTS) is 1. The molecule has 1 heterocycles. The minimum atomic E-state index is -0.781. The van der Waals surface area contributed by atoms with Gasteiger partial charge in [-0.2, -0.15) is 0 Å². The van der Waals surface area contributed by atoms with Crippen LogP contribution < -0.4 is 0 Å². The molecule has 1 spiro atoms. The van der Waals surface area contributed by atoms with Crippen molar-refractivity contribution in [1.82, 2.24) is 0 Å². The Labute approximate surface area is 130 Å². The van der Waals surface area contributed by atoms with E-state index in [-0.39, 0.29) is 12.0 Å². The molecule has 1 N–H and O–H groups in total. The maximum absolute atomic E-state index is 10.7. The predicted octanol–water partition coefficient (Wildman–Crippen LogP) is 3.90. The highest BCUT2D eigenvalue weighted by molar-refractivity contribution is 7.99. The van der Waals surface area contributed by atoms with Crippen molar-refractivity contribution >= 4 is 17.7 Å². The topological polar surface area (TPSA) is 46.5 Å². The van der Waals surface area contributed by atoms with Crippen molar-refractivity contribution in [2.45, 2.75) is 61.5 Å². The van der Waals surface area contributed by atoms with Crippen LogP contribution in [0, 0.1) is 0 Å². The van der Waals surface area contributed by atoms with Crippen molar-refractivity contribution in [3.63, 3.8) is 0 Å². The summed E-state index contributed by atoms with van der Waals surface area (Å²) in [4.78, 5) is 11.8. The van der Waals surface area contributed by atoms with Gasteiger partial charge in [0.2, 0.25) is 0 Å². The smallest absolute Gasteiger partial charge is 0.307 e. The van der Waals surface area contributed by atoms with Crippen molar-refractivity contribution in [3.8, 4) is 0 Å². The molecule has 114 valence electrons. The summed E-state index contributed by atoms with van der Waals surface area (Å²) >= 11 is 1.81. The first-order chi connectivity index (χ1) is 10.2. The summed E-state index contributed by atoms with van der Waals surface area (Å²) in [5.41, 5.74) is 1.07. The summed E-state index contributed by atoms with van der Waals surface area (Å²) < 4.78 is 6.31. The molecule has 0 amide bonds. The number of rotatable bonds is 5. The van der Waals surface area contributed by atoms with Gasteiger partial charge in [0.1, 0.15) is 0 Å². The van der Waals surface area contributed by atoms with Gasteiger partial charge in [-0.15, -0.1) is 11.8 Å². The average Bonchev–Trinajstić information content (AvgIpc) is 3.08. The van der Waals surface area contributed by atoms with Gasteiger partial charge in [0, 0.05) is 10.6 Å². The van der Waals surface area contributed by atoms with E-state index in [4.69, 9.17) is 9.84 Å². The molecule has 1 aliphatic heterocycles. The number of ether oxygens (including phenoxy) is 1. The predicted molar refractivity (Wildman–Crippen MR) is 83.8 cm³/mol. The Morgan fingerprint density at radius 2 is 1.95 bits per heavy atom. The van der Waals surface area contributed by atoms with E-state index in [1.165, 1.54) is 43.4 Å². The van der Waals surface area contributed by atoms with Crippen molar-refractivity contribution in [2.24, 2.45) is 0 Å². The molecule has 2 fully saturated rings. The Morgan fingerprint density at radius 3 is 2.62 bits per heavy atom. The van der Waals surface area contributed by atoms with Crippen molar-refractivity contribution in [1.29, 1.82) is 0 Å². The molecule has 3 rings (SSSR count). The fourth-order valence-electron chi connectivity index (χ4n) is 3.47. The maximum Gasteiger partial charge on any atom is 0.307 e. The molecular formula is C17H22O3S. The number of aliphatic carboxylic acids is 1. The minimum absolute atomic E-state index is 0.0964. The molecular weight excluding hydrogens is 284 g/mol. The van der Waals surface area contributed by atoms with Crippen molar-refractivity contribution < 1.29 is 14.6 Å². The van der Waals surface area contributed by atoms with Crippen LogP contribution in [-0.2, 0) is 16.0 Å². The van der Waals surface area contributed by atoms with Gasteiger partial charge in [0.25, 0.3) is 0 Å². The monoisotopic (exact) mass is 306 g/mol. The van der Waals surface area contributed by atoms with Crippen LogP contribution in [-0.4, -0.2) is 28.5 Å². The average molecular weight is 306 g/mol. The fraction of sp³-hybridized carbons (Fsp3) is 0.588. The minimum Gasteiger partial charge on any atom is -0.481 e. The lowest BCUT2D eigenvalue weighted by Crippen LogP contribution is -2.25. The summed E-state index contributed by atoms with van der Waals surface area (Å²) in [5.74, 6) is 0.219. The first-order valence-electron chi connectivity index (χ1n) is 7.77. The Balaban J connectivity index is 1.48. The molecule has 3 nitrogen and oxygen atoms in total. The van der Waals surface area contributed by atoms with E-state index < -0.39 is 5.97 Å². The molecule has 4 heteroatoms. The highest BCUT2D eigenvalue weighted by Gasteiger charge is 2.41. The second-order valence-electron chi connectivity index (χ2n) is 6.19. The number of thioether (sulfide) groups is 1. The number of carboxylic acids is 1. The largest absolute Gasteiger partial charge is 0.481 e. The van der Waals surface area contributed by atoms with E-state index in [9.17, 15) is 4.79 Å². The van der Waals surface area contributed by atoms with Gasteiger partial charge in [-0.05, 0) is 43.4 Å². The van der Waals surface area contributed by atoms with E-state index in [0.29, 0.717) is 6.10 Å². The van der Waals surface area contributed by atoms with E-state index in [2.05, 4.69) is 0 Å². The van der Waals surface area contributed by atoms with Gasteiger partial charge in [-0.3, -0.25) is 4.79 Å². The number of carbonyl (C=O) groups is 1. The summed E-state index contributed by atoms with van der Waals surface area (Å²) in [6.07, 6.45) is 8.04. The van der Waals surface area contributed by atoms with Gasteiger partial charge >= 0.3 is 5.97 Å². The summed E-state index contributed by atoms with van der Waals surface area (Å²) in [6, 6.07) is 7.85. The first-order valence-corrected chi connectivity index (χ1v) is 8.75. The molecule has 0 radical (unpaired) electrons. The normalized spacial score (nSPS) is 23.7. The number of hydrogen-bond acceptors (Lipinski definition) is 3. The Hall–Kier alpha value is -1.00. The molecule has 2 aliphatic rings. The van der Waals surface area contributed by atoms with Gasteiger partial charge in [0.15, 0.2) is 0 Å². The number of benzene rings is 1. The molecule has 1 unspecified atom stereocenters. The van der Waals surface area contributed by atoms with Gasteiger partial charge in [-0.25, -0.2) is 0 Å². The second-order valence-corrected chi connectivity index (χ2v) is 7.29. The molecule has 0 aromatic heterocycles. The number of hydrogen-bond donors (Lipinski definition) is 1. The van der Waals surface area contributed by atoms with Gasteiger partial charge in [-0.1, -0.05) is 25.0 Å². The lowest BCUT2D eigenvalue weighted by Gasteiger charge is -2.23. The highest BCUT2D eigenvalue weighted by atomic mass is 32.2. The van der Waals surface area contributed by atoms with Crippen LogP contribution in [0.15, 0.2) is 29.2 Å². The third-order valence-electron chi connectivity index (χ3n) is 4.57. The molecule has 1 aromatic carbocycles. The third-order valence-corrected chi connectivity index (χ3v) is 5.71. The fourth-order valence-corrected chi connectivity index (χ4v) is 4.41. The molecule has 1 saturated heterocycles. The molecule has 21 heavy (non-hydrogen) atoms.